The number of halogens is 2. The van der Waals surface area contributed by atoms with Crippen molar-refractivity contribution in [3.63, 3.8) is 0 Å². The van der Waals surface area contributed by atoms with Crippen molar-refractivity contribution in [1.29, 1.82) is 0 Å². The molecular weight excluding hydrogens is 1800 g/mol. The number of hydrogen-bond acceptors (Lipinski definition) is 16. The minimum atomic E-state index is -0.964. The fourth-order valence-electron chi connectivity index (χ4n) is 14.4. The summed E-state index contributed by atoms with van der Waals surface area (Å²) in [5, 5.41) is 12.5. The van der Waals surface area contributed by atoms with Gasteiger partial charge in [-0.1, -0.05) is 235 Å². The molecule has 0 aliphatic heterocycles. The number of esters is 4. The Kier molecular flexibility index (Phi) is 34.3. The van der Waals surface area contributed by atoms with Crippen LogP contribution in [-0.2, 0) is 70.7 Å². The molecular formula is C106H114Br2N8O16. The van der Waals surface area contributed by atoms with Gasteiger partial charge in [-0.25, -0.2) is 14.4 Å². The molecule has 13 rings (SSSR count). The van der Waals surface area contributed by atoms with Crippen LogP contribution in [0.1, 0.15) is 186 Å². The molecule has 0 saturated carbocycles. The first-order chi connectivity index (χ1) is 62.4. The maximum Gasteiger partial charge on any atom is 0.329 e. The highest BCUT2D eigenvalue weighted by molar-refractivity contribution is 9.10. The Bertz CT molecular complexity index is 6570. The highest BCUT2D eigenvalue weighted by atomic mass is 79.9. The molecule has 3 atom stereocenters. The average molecular weight is 1920 g/mol. The fourth-order valence-corrected chi connectivity index (χ4v) is 15.1. The van der Waals surface area contributed by atoms with Crippen LogP contribution in [0, 0.1) is 11.8 Å². The molecule has 13 aromatic rings. The Balaban J connectivity index is 0.000000183. The molecule has 9 aromatic carbocycles. The molecule has 688 valence electrons. The van der Waals surface area contributed by atoms with Crippen LogP contribution in [0.15, 0.2) is 289 Å². The number of nitrogens with one attached hydrogen (secondary N) is 4. The van der Waals surface area contributed by atoms with Crippen molar-refractivity contribution < 1.29 is 57.3 Å². The summed E-state index contributed by atoms with van der Waals surface area (Å²) in [5.74, 6) is -4.63. The Morgan fingerprint density at radius 2 is 0.614 bits per heavy atom. The Labute approximate surface area is 784 Å². The topological polar surface area (TPSA) is 310 Å². The smallest absolute Gasteiger partial charge is 0.329 e. The van der Waals surface area contributed by atoms with Gasteiger partial charge >= 0.3 is 23.9 Å². The highest BCUT2D eigenvalue weighted by Gasteiger charge is 2.34. The standard InChI is InChI=1S/C30H29BrN2O4.C27H31BrN2O4.C26H30N2O4.C23H24N2O4/c1-30(2,3)37-29(36)25(16-20-10-6-4-7-11-20)32-28(35)24-19-33(18-21-12-8-5-9-13-21)26-15-14-22(31)17-23(26)27(24)34;1-17(2)13-22(26(33)34-27(3,4)5)29-25(32)21-16-30(15-18-9-7-6-8-10-18)23-12-11-19(28)14-20(23)24(21)31;1-17(2)22(25(31)32-26(3,4)5)27-24(30)20-16-28(15-18-11-7-6-8-12-18)21-14-10-9-13-19(21)23(20)29;1-23(2,3)29-20(26)13-24-22(28)18-15-25(14-16-9-5-4-6-10-16)19-12-8-7-11-17(19)21(18)27/h4-15,17,19,25H,16,18H2,1-3H3,(H,32,35);6-12,14,16-17,22H,13,15H2,1-5H3,(H,29,32);6-14,16-17,22H,15H2,1-5H3,(H,27,30);4-12,15H,13-14H2,1-3H3,(H,24,28). The van der Waals surface area contributed by atoms with Crippen LogP contribution in [0.3, 0.4) is 0 Å². The van der Waals surface area contributed by atoms with E-state index in [-0.39, 0.29) is 63.3 Å². The fraction of sp³-hybridized carbons (Fsp3) is 0.302. The predicted molar refractivity (Wildman–Crippen MR) is 524 cm³/mol. The molecule has 0 saturated heterocycles. The van der Waals surface area contributed by atoms with Gasteiger partial charge in [0.15, 0.2) is 0 Å². The molecule has 0 bridgehead atoms. The quantitative estimate of drug-likeness (QED) is 0.0305. The SMILES string of the molecule is CC(C)(C)OC(=O)C(Cc1ccccc1)NC(=O)c1cn(Cc2ccccc2)c2ccc(Br)cc2c1=O.CC(C)(C)OC(=O)CNC(=O)c1cn(Cc2ccccc2)c2ccccc2c1=O.CC(C)C(NC(=O)c1cn(Cc2ccccc2)c2ccccc2c1=O)C(=O)OC(C)(C)C.CC(C)CC(NC(=O)c1cn(Cc2ccccc2)c2ccc(Br)cc2c1=O)C(=O)OC(C)(C)C. The van der Waals surface area contributed by atoms with Crippen LogP contribution in [-0.4, -0.2) is 113 Å². The summed E-state index contributed by atoms with van der Waals surface area (Å²) in [6.07, 6.45) is 6.89. The van der Waals surface area contributed by atoms with E-state index in [2.05, 4.69) is 53.1 Å². The summed E-state index contributed by atoms with van der Waals surface area (Å²) in [6.45, 7) is 30.5. The summed E-state index contributed by atoms with van der Waals surface area (Å²) in [5.41, 5.74) is 3.59. The van der Waals surface area contributed by atoms with Gasteiger partial charge in [0.25, 0.3) is 23.6 Å². The number of carbonyl (C=O) groups excluding carboxylic acids is 8. The second-order valence-electron chi connectivity index (χ2n) is 36.7. The van der Waals surface area contributed by atoms with Crippen molar-refractivity contribution in [2.24, 2.45) is 11.8 Å². The van der Waals surface area contributed by atoms with Crippen LogP contribution in [0.5, 0.6) is 0 Å². The first-order valence-corrected chi connectivity index (χ1v) is 45.2. The number of rotatable bonds is 25. The molecule has 26 heteroatoms. The van der Waals surface area contributed by atoms with Gasteiger partial charge in [-0.2, -0.15) is 0 Å². The number of aromatic nitrogens is 4. The molecule has 132 heavy (non-hydrogen) atoms. The van der Waals surface area contributed by atoms with E-state index in [1.165, 1.54) is 0 Å². The monoisotopic (exact) mass is 1910 g/mol. The van der Waals surface area contributed by atoms with E-state index in [0.29, 0.717) is 59.7 Å². The summed E-state index contributed by atoms with van der Waals surface area (Å²) in [6, 6.07) is 71.1. The van der Waals surface area contributed by atoms with E-state index in [4.69, 9.17) is 18.9 Å². The van der Waals surface area contributed by atoms with Crippen LogP contribution in [0.25, 0.3) is 43.6 Å². The van der Waals surface area contributed by atoms with E-state index in [1.807, 2.05) is 246 Å². The Morgan fingerprint density at radius 3 is 0.955 bits per heavy atom. The van der Waals surface area contributed by atoms with Crippen molar-refractivity contribution in [3.05, 3.63) is 361 Å². The van der Waals surface area contributed by atoms with Crippen LogP contribution in [0.4, 0.5) is 0 Å². The van der Waals surface area contributed by atoms with Gasteiger partial charge in [-0.05, 0) is 190 Å². The van der Waals surface area contributed by atoms with Crippen LogP contribution in [0.2, 0.25) is 0 Å². The van der Waals surface area contributed by atoms with Crippen molar-refractivity contribution >= 4 is 123 Å². The first-order valence-electron chi connectivity index (χ1n) is 43.6. The van der Waals surface area contributed by atoms with Gasteiger partial charge in [0, 0.05) is 87.9 Å². The molecule has 4 heterocycles. The summed E-state index contributed by atoms with van der Waals surface area (Å²) in [4.78, 5) is 156. The lowest BCUT2D eigenvalue weighted by Crippen LogP contribution is -2.48. The summed E-state index contributed by atoms with van der Waals surface area (Å²) < 4.78 is 30.8. The van der Waals surface area contributed by atoms with Gasteiger partial charge in [0.1, 0.15) is 69.3 Å². The van der Waals surface area contributed by atoms with E-state index < -0.39 is 93.5 Å². The van der Waals surface area contributed by atoms with E-state index in [0.717, 1.165) is 53.3 Å². The second-order valence-corrected chi connectivity index (χ2v) is 38.6. The van der Waals surface area contributed by atoms with Crippen molar-refractivity contribution in [2.75, 3.05) is 6.54 Å². The zero-order valence-electron chi connectivity index (χ0n) is 77.2. The average Bonchev–Trinajstić information content (AvgIpc) is 0.801. The molecule has 3 unspecified atom stereocenters. The van der Waals surface area contributed by atoms with Crippen molar-refractivity contribution in [3.8, 4) is 0 Å². The van der Waals surface area contributed by atoms with Gasteiger partial charge in [0.2, 0.25) is 21.7 Å². The third-order valence-corrected chi connectivity index (χ3v) is 21.2. The molecule has 0 aliphatic carbocycles. The number of pyridine rings is 4. The number of amides is 4. The second kappa shape index (κ2) is 44.9. The molecule has 4 aromatic heterocycles. The highest BCUT2D eigenvalue weighted by Crippen LogP contribution is 2.26. The van der Waals surface area contributed by atoms with Crippen LogP contribution < -0.4 is 43.0 Å². The predicted octanol–water partition coefficient (Wildman–Crippen LogP) is 18.1. The maximum absolute atomic E-state index is 13.5. The molecule has 0 spiro atoms. The van der Waals surface area contributed by atoms with Crippen molar-refractivity contribution in [2.45, 2.75) is 190 Å². The van der Waals surface area contributed by atoms with Gasteiger partial charge < -0.3 is 58.5 Å². The minimum absolute atomic E-state index is 0.00570. The lowest BCUT2D eigenvalue weighted by Gasteiger charge is -2.26. The van der Waals surface area contributed by atoms with Gasteiger partial charge in [-0.15, -0.1) is 0 Å². The summed E-state index contributed by atoms with van der Waals surface area (Å²) >= 11 is 6.86. The lowest BCUT2D eigenvalue weighted by molar-refractivity contribution is -0.159. The third-order valence-electron chi connectivity index (χ3n) is 20.2. The summed E-state index contributed by atoms with van der Waals surface area (Å²) in [7, 11) is 0. The van der Waals surface area contributed by atoms with Crippen molar-refractivity contribution in [1.82, 2.24) is 39.5 Å². The van der Waals surface area contributed by atoms with Crippen LogP contribution >= 0.6 is 31.9 Å². The molecule has 0 radical (unpaired) electrons. The lowest BCUT2D eigenvalue weighted by atomic mass is 10.0. The molecule has 24 nitrogen and oxygen atoms in total. The zero-order valence-corrected chi connectivity index (χ0v) is 80.4. The zero-order chi connectivity index (χ0) is 96.1. The molecule has 0 aliphatic rings. The number of carbonyl (C=O) groups is 8. The third kappa shape index (κ3) is 29.0. The molecule has 4 N–H and O–H groups in total. The minimum Gasteiger partial charge on any atom is -0.459 e. The number of benzene rings is 9. The van der Waals surface area contributed by atoms with Gasteiger partial charge in [0.05, 0.1) is 22.1 Å². The number of nitrogens with zero attached hydrogens (tertiary/aromatic N) is 4. The Hall–Kier alpha value is -13.5. The largest absolute Gasteiger partial charge is 0.459 e. The number of para-hydroxylation sites is 2. The maximum atomic E-state index is 13.5. The number of fused-ring (bicyclic) bond motifs is 4. The van der Waals surface area contributed by atoms with E-state index in [1.54, 1.807) is 144 Å². The van der Waals surface area contributed by atoms with E-state index >= 15 is 0 Å². The van der Waals surface area contributed by atoms with E-state index in [9.17, 15) is 57.5 Å². The Morgan fingerprint density at radius 1 is 0.326 bits per heavy atom. The molecule has 4 amide bonds. The first kappa shape index (κ1) is 101. The van der Waals surface area contributed by atoms with Gasteiger partial charge in [-0.3, -0.25) is 43.2 Å². The number of ether oxygens (including phenoxy) is 4. The number of hydrogen-bond donors (Lipinski definition) is 4. The molecule has 0 fully saturated rings. The normalized spacial score (nSPS) is 12.2.